The summed E-state index contributed by atoms with van der Waals surface area (Å²) in [6, 6.07) is 5.92. The first-order chi connectivity index (χ1) is 7.66. The summed E-state index contributed by atoms with van der Waals surface area (Å²) in [4.78, 5) is 18.3. The molecule has 2 rings (SSSR count). The number of nitrogens with zero attached hydrogens (tertiary/aromatic N) is 2. The molecule has 86 valence electrons. The molecule has 1 saturated heterocycles. The van der Waals surface area contributed by atoms with Crippen LogP contribution in [0.5, 0.6) is 0 Å². The van der Waals surface area contributed by atoms with E-state index in [-0.39, 0.29) is 5.91 Å². The van der Waals surface area contributed by atoms with Crippen LogP contribution < -0.4 is 5.32 Å². The number of aryl methyl sites for hydroxylation is 1. The molecule has 0 unspecified atom stereocenters. The maximum Gasteiger partial charge on any atom is 0.272 e. The molecule has 16 heavy (non-hydrogen) atoms. The number of aromatic nitrogens is 1. The van der Waals surface area contributed by atoms with Gasteiger partial charge in [0.15, 0.2) is 0 Å². The SMILES string of the molecule is Cc1cccc(C(=O)N2CCN[C@H](C)C2)n1. The van der Waals surface area contributed by atoms with Crippen LogP contribution >= 0.6 is 0 Å². The summed E-state index contributed by atoms with van der Waals surface area (Å²) in [5.74, 6) is 0.0389. The van der Waals surface area contributed by atoms with Crippen LogP contribution in [0.3, 0.4) is 0 Å². The zero-order valence-electron chi connectivity index (χ0n) is 9.73. The Bertz CT molecular complexity index is 392. The lowest BCUT2D eigenvalue weighted by molar-refractivity contribution is 0.0703. The Hall–Kier alpha value is -1.42. The van der Waals surface area contributed by atoms with Crippen LogP contribution in [-0.4, -0.2) is 41.5 Å². The van der Waals surface area contributed by atoms with Crippen molar-refractivity contribution in [2.45, 2.75) is 19.9 Å². The highest BCUT2D eigenvalue weighted by Gasteiger charge is 2.22. The lowest BCUT2D eigenvalue weighted by atomic mass is 10.2. The van der Waals surface area contributed by atoms with Gasteiger partial charge in [-0.2, -0.15) is 0 Å². The van der Waals surface area contributed by atoms with Crippen LogP contribution in [0.1, 0.15) is 23.1 Å². The second-order valence-corrected chi connectivity index (χ2v) is 4.27. The predicted molar refractivity (Wildman–Crippen MR) is 62.3 cm³/mol. The Morgan fingerprint density at radius 1 is 1.56 bits per heavy atom. The van der Waals surface area contributed by atoms with Crippen LogP contribution in [0.25, 0.3) is 0 Å². The van der Waals surface area contributed by atoms with E-state index in [0.29, 0.717) is 11.7 Å². The monoisotopic (exact) mass is 219 g/mol. The van der Waals surface area contributed by atoms with Gasteiger partial charge in [0.1, 0.15) is 5.69 Å². The van der Waals surface area contributed by atoms with Crippen LogP contribution in [0.15, 0.2) is 18.2 Å². The van der Waals surface area contributed by atoms with Gasteiger partial charge in [-0.1, -0.05) is 6.07 Å². The van der Waals surface area contributed by atoms with Crippen molar-refractivity contribution in [1.29, 1.82) is 0 Å². The zero-order chi connectivity index (χ0) is 11.5. The van der Waals surface area contributed by atoms with Gasteiger partial charge in [0.25, 0.3) is 5.91 Å². The highest BCUT2D eigenvalue weighted by Crippen LogP contribution is 2.06. The maximum absolute atomic E-state index is 12.1. The minimum absolute atomic E-state index is 0.0389. The van der Waals surface area contributed by atoms with Crippen molar-refractivity contribution < 1.29 is 4.79 Å². The topological polar surface area (TPSA) is 45.2 Å². The second kappa shape index (κ2) is 4.61. The number of hydrogen-bond donors (Lipinski definition) is 1. The molecule has 4 nitrogen and oxygen atoms in total. The quantitative estimate of drug-likeness (QED) is 0.760. The molecule has 1 aliphatic heterocycles. The molecule has 0 aromatic carbocycles. The molecule has 0 radical (unpaired) electrons. The summed E-state index contributed by atoms with van der Waals surface area (Å²) >= 11 is 0. The summed E-state index contributed by atoms with van der Waals surface area (Å²) in [5.41, 5.74) is 1.43. The fourth-order valence-electron chi connectivity index (χ4n) is 1.94. The Morgan fingerprint density at radius 2 is 2.38 bits per heavy atom. The minimum atomic E-state index is 0.0389. The minimum Gasteiger partial charge on any atom is -0.334 e. The van der Waals surface area contributed by atoms with Crippen LogP contribution in [0.4, 0.5) is 0 Å². The second-order valence-electron chi connectivity index (χ2n) is 4.27. The molecular weight excluding hydrogens is 202 g/mol. The first-order valence-electron chi connectivity index (χ1n) is 5.63. The van der Waals surface area contributed by atoms with E-state index >= 15 is 0 Å². The first-order valence-corrected chi connectivity index (χ1v) is 5.63. The summed E-state index contributed by atoms with van der Waals surface area (Å²) in [7, 11) is 0. The standard InChI is InChI=1S/C12H17N3O/c1-9-4-3-5-11(14-9)12(16)15-7-6-13-10(2)8-15/h3-5,10,13H,6-8H2,1-2H3/t10-/m1/s1. The van der Waals surface area contributed by atoms with Crippen LogP contribution in [-0.2, 0) is 0 Å². The van der Waals surface area contributed by atoms with Crippen LogP contribution in [0, 0.1) is 6.92 Å². The average Bonchev–Trinajstić information content (AvgIpc) is 2.28. The van der Waals surface area contributed by atoms with Crippen LogP contribution in [0.2, 0.25) is 0 Å². The number of amides is 1. The number of hydrogen-bond acceptors (Lipinski definition) is 3. The van der Waals surface area contributed by atoms with Gasteiger partial charge >= 0.3 is 0 Å². The molecule has 1 atom stereocenters. The molecule has 1 aromatic heterocycles. The normalized spacial score (nSPS) is 20.9. The fraction of sp³-hybridized carbons (Fsp3) is 0.500. The Balaban J connectivity index is 2.12. The Labute approximate surface area is 95.7 Å². The molecule has 0 bridgehead atoms. The molecule has 2 heterocycles. The van der Waals surface area contributed by atoms with Crippen molar-refractivity contribution in [1.82, 2.24) is 15.2 Å². The molecular formula is C12H17N3O. The third-order valence-corrected chi connectivity index (χ3v) is 2.76. The summed E-state index contributed by atoms with van der Waals surface area (Å²) in [5, 5.41) is 3.32. The van der Waals surface area contributed by atoms with E-state index in [9.17, 15) is 4.79 Å². The average molecular weight is 219 g/mol. The summed E-state index contributed by atoms with van der Waals surface area (Å²) < 4.78 is 0. The fourth-order valence-corrected chi connectivity index (χ4v) is 1.94. The third-order valence-electron chi connectivity index (χ3n) is 2.76. The summed E-state index contributed by atoms with van der Waals surface area (Å²) in [6.07, 6.45) is 0. The van der Waals surface area contributed by atoms with E-state index in [1.165, 1.54) is 0 Å². The van der Waals surface area contributed by atoms with Gasteiger partial charge in [0.05, 0.1) is 0 Å². The molecule has 4 heteroatoms. The Kier molecular flexibility index (Phi) is 3.19. The first kappa shape index (κ1) is 11.1. The number of piperazine rings is 1. The Morgan fingerprint density at radius 3 is 3.06 bits per heavy atom. The molecule has 0 aliphatic carbocycles. The van der Waals surface area contributed by atoms with Crippen molar-refractivity contribution in [3.63, 3.8) is 0 Å². The maximum atomic E-state index is 12.1. The molecule has 1 aromatic rings. The number of rotatable bonds is 1. The van der Waals surface area contributed by atoms with Crippen molar-refractivity contribution in [2.24, 2.45) is 0 Å². The van der Waals surface area contributed by atoms with Crippen molar-refractivity contribution in [3.05, 3.63) is 29.6 Å². The van der Waals surface area contributed by atoms with E-state index in [0.717, 1.165) is 25.3 Å². The number of carbonyl (C=O) groups excluding carboxylic acids is 1. The van der Waals surface area contributed by atoms with Gasteiger partial charge in [0.2, 0.25) is 0 Å². The van der Waals surface area contributed by atoms with Gasteiger partial charge in [-0.15, -0.1) is 0 Å². The van der Waals surface area contributed by atoms with Crippen molar-refractivity contribution in [2.75, 3.05) is 19.6 Å². The largest absolute Gasteiger partial charge is 0.334 e. The molecule has 0 spiro atoms. The van der Waals surface area contributed by atoms with E-state index in [4.69, 9.17) is 0 Å². The van der Waals surface area contributed by atoms with E-state index in [1.54, 1.807) is 6.07 Å². The lowest BCUT2D eigenvalue weighted by Crippen LogP contribution is -2.51. The zero-order valence-corrected chi connectivity index (χ0v) is 9.73. The van der Waals surface area contributed by atoms with Gasteiger partial charge < -0.3 is 10.2 Å². The van der Waals surface area contributed by atoms with Gasteiger partial charge in [-0.25, -0.2) is 4.98 Å². The van der Waals surface area contributed by atoms with Crippen molar-refractivity contribution in [3.8, 4) is 0 Å². The smallest absolute Gasteiger partial charge is 0.272 e. The van der Waals surface area contributed by atoms with E-state index in [1.807, 2.05) is 24.0 Å². The molecule has 0 saturated carbocycles. The van der Waals surface area contributed by atoms with E-state index < -0.39 is 0 Å². The third kappa shape index (κ3) is 2.39. The summed E-state index contributed by atoms with van der Waals surface area (Å²) in [6.45, 7) is 6.37. The molecule has 1 N–H and O–H groups in total. The number of nitrogens with one attached hydrogen (secondary N) is 1. The van der Waals surface area contributed by atoms with Gasteiger partial charge in [-0.05, 0) is 26.0 Å². The lowest BCUT2D eigenvalue weighted by Gasteiger charge is -2.31. The molecule has 1 amide bonds. The predicted octanol–water partition coefficient (Wildman–Crippen LogP) is 0.824. The highest BCUT2D eigenvalue weighted by atomic mass is 16.2. The van der Waals surface area contributed by atoms with E-state index in [2.05, 4.69) is 17.2 Å². The highest BCUT2D eigenvalue weighted by molar-refractivity contribution is 5.92. The van der Waals surface area contributed by atoms with Gasteiger partial charge in [-0.3, -0.25) is 4.79 Å². The van der Waals surface area contributed by atoms with Crippen molar-refractivity contribution >= 4 is 5.91 Å². The van der Waals surface area contributed by atoms with Gasteiger partial charge in [0, 0.05) is 31.4 Å². The molecule has 1 fully saturated rings. The molecule has 1 aliphatic rings. The number of carbonyl (C=O) groups is 1. The number of pyridine rings is 1.